The normalized spacial score (nSPS) is 22.3. The lowest BCUT2D eigenvalue weighted by Gasteiger charge is -2.30. The summed E-state index contributed by atoms with van der Waals surface area (Å²) < 4.78 is 5.22. The van der Waals surface area contributed by atoms with Crippen molar-refractivity contribution in [3.05, 3.63) is 11.1 Å². The molecule has 0 aliphatic heterocycles. The SMILES string of the molecule is C[C@H](OC(=O)CCc1cnc(N)s1)C(=O)N[C@H]1CCCC[C@H]1C. The van der Waals surface area contributed by atoms with Gasteiger partial charge in [0.2, 0.25) is 0 Å². The maximum Gasteiger partial charge on any atom is 0.306 e. The van der Waals surface area contributed by atoms with Gasteiger partial charge >= 0.3 is 5.97 Å². The van der Waals surface area contributed by atoms with E-state index in [1.165, 1.54) is 17.8 Å². The molecule has 0 aromatic carbocycles. The maximum atomic E-state index is 12.2. The zero-order chi connectivity index (χ0) is 16.8. The van der Waals surface area contributed by atoms with E-state index in [0.717, 1.165) is 24.1 Å². The first kappa shape index (κ1) is 17.7. The maximum absolute atomic E-state index is 12.2. The fourth-order valence-corrected chi connectivity index (χ4v) is 3.49. The van der Waals surface area contributed by atoms with E-state index in [9.17, 15) is 9.59 Å². The summed E-state index contributed by atoms with van der Waals surface area (Å²) in [6.45, 7) is 3.77. The van der Waals surface area contributed by atoms with Crippen LogP contribution in [0.2, 0.25) is 0 Å². The van der Waals surface area contributed by atoms with Gasteiger partial charge in [0.25, 0.3) is 5.91 Å². The fourth-order valence-electron chi connectivity index (χ4n) is 2.80. The Morgan fingerprint density at radius 1 is 1.48 bits per heavy atom. The van der Waals surface area contributed by atoms with Crippen LogP contribution in [0.3, 0.4) is 0 Å². The largest absolute Gasteiger partial charge is 0.453 e. The lowest BCUT2D eigenvalue weighted by Crippen LogP contribution is -2.46. The first-order valence-electron chi connectivity index (χ1n) is 8.15. The number of aryl methyl sites for hydroxylation is 1. The smallest absolute Gasteiger partial charge is 0.306 e. The minimum atomic E-state index is -0.761. The Hall–Kier alpha value is -1.63. The number of hydrogen-bond donors (Lipinski definition) is 2. The third-order valence-corrected chi connectivity index (χ3v) is 5.15. The van der Waals surface area contributed by atoms with Crippen LogP contribution in [0.15, 0.2) is 6.20 Å². The van der Waals surface area contributed by atoms with Crippen LogP contribution in [0.25, 0.3) is 0 Å². The summed E-state index contributed by atoms with van der Waals surface area (Å²) >= 11 is 1.36. The molecule has 2 rings (SSSR count). The zero-order valence-electron chi connectivity index (χ0n) is 13.7. The van der Waals surface area contributed by atoms with Crippen LogP contribution in [0.1, 0.15) is 50.8 Å². The van der Waals surface area contributed by atoms with E-state index in [0.29, 0.717) is 17.5 Å². The van der Waals surface area contributed by atoms with Crippen molar-refractivity contribution in [3.8, 4) is 0 Å². The van der Waals surface area contributed by atoms with E-state index in [4.69, 9.17) is 10.5 Å². The second-order valence-corrected chi connectivity index (χ2v) is 7.32. The van der Waals surface area contributed by atoms with Crippen molar-refractivity contribution in [2.24, 2.45) is 5.92 Å². The summed E-state index contributed by atoms with van der Waals surface area (Å²) in [5, 5.41) is 3.50. The quantitative estimate of drug-likeness (QED) is 0.776. The second-order valence-electron chi connectivity index (χ2n) is 6.17. The number of nitrogens with zero attached hydrogens (tertiary/aromatic N) is 1. The highest BCUT2D eigenvalue weighted by Crippen LogP contribution is 2.23. The minimum Gasteiger partial charge on any atom is -0.453 e. The van der Waals surface area contributed by atoms with Crippen LogP contribution in [-0.4, -0.2) is 29.0 Å². The highest BCUT2D eigenvalue weighted by atomic mass is 32.1. The third kappa shape index (κ3) is 5.49. The standard InChI is InChI=1S/C16H25N3O3S/c1-10-5-3-4-6-13(10)19-15(21)11(2)22-14(20)8-7-12-9-18-16(17)23-12/h9-11,13H,3-8H2,1-2H3,(H2,17,18)(H,19,21)/t10-,11+,13+/m1/s1. The Kier molecular flexibility index (Phi) is 6.38. The number of hydrogen-bond acceptors (Lipinski definition) is 6. The van der Waals surface area contributed by atoms with Crippen molar-refractivity contribution < 1.29 is 14.3 Å². The Labute approximate surface area is 140 Å². The van der Waals surface area contributed by atoms with Gasteiger partial charge in [-0.05, 0) is 32.1 Å². The van der Waals surface area contributed by atoms with Crippen molar-refractivity contribution >= 4 is 28.3 Å². The highest BCUT2D eigenvalue weighted by molar-refractivity contribution is 7.15. The van der Waals surface area contributed by atoms with Gasteiger partial charge in [-0.15, -0.1) is 11.3 Å². The van der Waals surface area contributed by atoms with Crippen molar-refractivity contribution in [1.82, 2.24) is 10.3 Å². The van der Waals surface area contributed by atoms with Gasteiger partial charge < -0.3 is 15.8 Å². The molecule has 3 N–H and O–H groups in total. The molecule has 1 aliphatic carbocycles. The fraction of sp³-hybridized carbons (Fsp3) is 0.688. The molecule has 128 valence electrons. The summed E-state index contributed by atoms with van der Waals surface area (Å²) in [5.41, 5.74) is 5.54. The zero-order valence-corrected chi connectivity index (χ0v) is 14.5. The van der Waals surface area contributed by atoms with Gasteiger partial charge in [0.15, 0.2) is 11.2 Å². The molecule has 1 aromatic rings. The number of esters is 1. The Morgan fingerprint density at radius 3 is 2.87 bits per heavy atom. The molecule has 23 heavy (non-hydrogen) atoms. The Balaban J connectivity index is 1.72. The lowest BCUT2D eigenvalue weighted by molar-refractivity contribution is -0.155. The van der Waals surface area contributed by atoms with E-state index < -0.39 is 6.10 Å². The van der Waals surface area contributed by atoms with Gasteiger partial charge in [0.1, 0.15) is 0 Å². The summed E-state index contributed by atoms with van der Waals surface area (Å²) in [4.78, 5) is 28.9. The van der Waals surface area contributed by atoms with Crippen LogP contribution in [0.5, 0.6) is 0 Å². The molecule has 1 aromatic heterocycles. The molecule has 3 atom stereocenters. The van der Waals surface area contributed by atoms with Crippen molar-refractivity contribution in [2.75, 3.05) is 5.73 Å². The molecule has 1 aliphatic rings. The van der Waals surface area contributed by atoms with Crippen molar-refractivity contribution in [1.29, 1.82) is 0 Å². The van der Waals surface area contributed by atoms with Crippen LogP contribution < -0.4 is 11.1 Å². The molecule has 0 unspecified atom stereocenters. The number of aromatic nitrogens is 1. The molecule has 0 bridgehead atoms. The first-order valence-corrected chi connectivity index (χ1v) is 8.97. The van der Waals surface area contributed by atoms with Gasteiger partial charge in [-0.3, -0.25) is 9.59 Å². The number of nitrogens with one attached hydrogen (secondary N) is 1. The van der Waals surface area contributed by atoms with Crippen LogP contribution >= 0.6 is 11.3 Å². The summed E-state index contributed by atoms with van der Waals surface area (Å²) in [5.74, 6) is -0.108. The number of thiazole rings is 1. The number of amides is 1. The molecule has 1 amide bonds. The molecular formula is C16H25N3O3S. The van der Waals surface area contributed by atoms with Crippen LogP contribution in [-0.2, 0) is 20.7 Å². The van der Waals surface area contributed by atoms with E-state index in [2.05, 4.69) is 17.2 Å². The van der Waals surface area contributed by atoms with Gasteiger partial charge in [-0.25, -0.2) is 4.98 Å². The summed E-state index contributed by atoms with van der Waals surface area (Å²) in [6, 6.07) is 0.192. The minimum absolute atomic E-state index is 0.192. The number of ether oxygens (including phenoxy) is 1. The molecule has 7 heteroatoms. The van der Waals surface area contributed by atoms with Gasteiger partial charge in [-0.1, -0.05) is 19.8 Å². The molecule has 1 fully saturated rings. The average molecular weight is 339 g/mol. The van der Waals surface area contributed by atoms with Crippen molar-refractivity contribution in [2.45, 2.75) is 64.5 Å². The van der Waals surface area contributed by atoms with Gasteiger partial charge in [0, 0.05) is 17.1 Å². The average Bonchev–Trinajstić information content (AvgIpc) is 2.93. The summed E-state index contributed by atoms with van der Waals surface area (Å²) in [6.07, 6.45) is 6.15. The third-order valence-electron chi connectivity index (χ3n) is 4.26. The molecule has 0 spiro atoms. The number of carbonyl (C=O) groups is 2. The molecular weight excluding hydrogens is 314 g/mol. The molecule has 0 radical (unpaired) electrons. The molecule has 1 saturated carbocycles. The van der Waals surface area contributed by atoms with Gasteiger partial charge in [-0.2, -0.15) is 0 Å². The van der Waals surface area contributed by atoms with Crippen molar-refractivity contribution in [3.63, 3.8) is 0 Å². The van der Waals surface area contributed by atoms with E-state index in [-0.39, 0.29) is 24.3 Å². The number of nitrogen functional groups attached to an aromatic ring is 1. The second kappa shape index (κ2) is 8.29. The van der Waals surface area contributed by atoms with E-state index in [1.807, 2.05) is 0 Å². The number of nitrogens with two attached hydrogens (primary N) is 1. The van der Waals surface area contributed by atoms with E-state index >= 15 is 0 Å². The predicted molar refractivity (Wildman–Crippen MR) is 90.0 cm³/mol. The number of rotatable bonds is 6. The first-order chi connectivity index (χ1) is 11.0. The van der Waals surface area contributed by atoms with Crippen LogP contribution in [0.4, 0.5) is 5.13 Å². The summed E-state index contributed by atoms with van der Waals surface area (Å²) in [7, 11) is 0. The number of anilines is 1. The highest BCUT2D eigenvalue weighted by Gasteiger charge is 2.26. The van der Waals surface area contributed by atoms with Gasteiger partial charge in [0.05, 0.1) is 6.42 Å². The molecule has 0 saturated heterocycles. The topological polar surface area (TPSA) is 94.3 Å². The van der Waals surface area contributed by atoms with Crippen LogP contribution in [0, 0.1) is 5.92 Å². The Bertz CT molecular complexity index is 546. The predicted octanol–water partition coefficient (Wildman–Crippen LogP) is 2.28. The lowest BCUT2D eigenvalue weighted by atomic mass is 9.86. The molecule has 1 heterocycles. The monoisotopic (exact) mass is 339 g/mol. The number of carbonyl (C=O) groups excluding carboxylic acids is 2. The Morgan fingerprint density at radius 2 is 2.22 bits per heavy atom. The van der Waals surface area contributed by atoms with E-state index in [1.54, 1.807) is 13.1 Å². The molecule has 6 nitrogen and oxygen atoms in total.